The topological polar surface area (TPSA) is 59.0 Å². The Balaban J connectivity index is 1.69. The zero-order valence-electron chi connectivity index (χ0n) is 15.1. The van der Waals surface area contributed by atoms with Gasteiger partial charge in [-0.2, -0.15) is 0 Å². The fourth-order valence-electron chi connectivity index (χ4n) is 2.22. The molecule has 24 heavy (non-hydrogen) atoms. The number of guanidine groups is 1. The Labute approximate surface area is 145 Å². The van der Waals surface area contributed by atoms with Crippen molar-refractivity contribution in [3.63, 3.8) is 0 Å². The van der Waals surface area contributed by atoms with Crippen LogP contribution in [0.15, 0.2) is 23.3 Å². The normalized spacial score (nSPS) is 14.5. The summed E-state index contributed by atoms with van der Waals surface area (Å²) in [6.45, 7) is 5.92. The van der Waals surface area contributed by atoms with Crippen LogP contribution in [0.25, 0.3) is 0 Å². The molecular weight excluding hydrogens is 304 g/mol. The molecule has 0 spiro atoms. The first-order valence-corrected chi connectivity index (χ1v) is 8.80. The van der Waals surface area contributed by atoms with Crippen LogP contribution >= 0.6 is 0 Å². The van der Waals surface area contributed by atoms with Crippen molar-refractivity contribution < 1.29 is 9.47 Å². The van der Waals surface area contributed by atoms with Crippen LogP contribution in [0.3, 0.4) is 0 Å². The Hall–Kier alpha value is -1.82. The van der Waals surface area contributed by atoms with Crippen molar-refractivity contribution in [2.24, 2.45) is 10.9 Å². The van der Waals surface area contributed by atoms with Gasteiger partial charge in [-0.25, -0.2) is 4.98 Å². The van der Waals surface area contributed by atoms with Gasteiger partial charge in [0.25, 0.3) is 0 Å². The number of hydrogen-bond donors (Lipinski definition) is 1. The van der Waals surface area contributed by atoms with Crippen LogP contribution in [0.2, 0.25) is 0 Å². The summed E-state index contributed by atoms with van der Waals surface area (Å²) in [6, 6.07) is 3.93. The fraction of sp³-hybridized carbons (Fsp3) is 0.667. The van der Waals surface area contributed by atoms with Crippen LogP contribution in [0, 0.1) is 5.92 Å². The number of likely N-dealkylation sites (N-methyl/N-ethyl adjacent to an activating group) is 1. The van der Waals surface area contributed by atoms with Gasteiger partial charge in [0.2, 0.25) is 5.88 Å². The zero-order chi connectivity index (χ0) is 17.2. The second kappa shape index (κ2) is 10.1. The first kappa shape index (κ1) is 18.5. The SMILES string of the molecule is CCCOc1ccc(CNC(=NC)N(C)CCOCC2CC2)cn1. The third kappa shape index (κ3) is 6.74. The van der Waals surface area contributed by atoms with E-state index >= 15 is 0 Å². The third-order valence-corrected chi connectivity index (χ3v) is 3.90. The highest BCUT2D eigenvalue weighted by atomic mass is 16.5. The Kier molecular flexibility index (Phi) is 7.82. The maximum absolute atomic E-state index is 5.68. The number of nitrogens with one attached hydrogen (secondary N) is 1. The molecule has 1 N–H and O–H groups in total. The summed E-state index contributed by atoms with van der Waals surface area (Å²) < 4.78 is 11.2. The Morgan fingerprint density at radius 3 is 2.83 bits per heavy atom. The summed E-state index contributed by atoms with van der Waals surface area (Å²) >= 11 is 0. The molecule has 1 aromatic rings. The quantitative estimate of drug-likeness (QED) is 0.404. The van der Waals surface area contributed by atoms with E-state index in [1.807, 2.05) is 25.4 Å². The average molecular weight is 334 g/mol. The lowest BCUT2D eigenvalue weighted by atomic mass is 10.3. The Morgan fingerprint density at radius 2 is 2.21 bits per heavy atom. The van der Waals surface area contributed by atoms with E-state index in [9.17, 15) is 0 Å². The molecule has 6 nitrogen and oxygen atoms in total. The minimum Gasteiger partial charge on any atom is -0.478 e. The van der Waals surface area contributed by atoms with E-state index in [1.165, 1.54) is 12.8 Å². The molecular formula is C18H30N4O2. The monoisotopic (exact) mass is 334 g/mol. The largest absolute Gasteiger partial charge is 0.478 e. The lowest BCUT2D eigenvalue weighted by Crippen LogP contribution is -2.40. The highest BCUT2D eigenvalue weighted by Crippen LogP contribution is 2.28. The van der Waals surface area contributed by atoms with E-state index in [0.717, 1.165) is 43.6 Å². The van der Waals surface area contributed by atoms with Crippen LogP contribution in [0.5, 0.6) is 5.88 Å². The molecule has 0 atom stereocenters. The summed E-state index contributed by atoms with van der Waals surface area (Å²) in [5.41, 5.74) is 1.10. The minimum atomic E-state index is 0.676. The van der Waals surface area contributed by atoms with Crippen LogP contribution in [0.4, 0.5) is 0 Å². The highest BCUT2D eigenvalue weighted by Gasteiger charge is 2.21. The molecule has 2 rings (SSSR count). The summed E-state index contributed by atoms with van der Waals surface area (Å²) in [7, 11) is 3.82. The van der Waals surface area contributed by atoms with Gasteiger partial charge in [0.05, 0.1) is 13.2 Å². The summed E-state index contributed by atoms with van der Waals surface area (Å²) in [5, 5.41) is 3.35. The Morgan fingerprint density at radius 1 is 1.38 bits per heavy atom. The highest BCUT2D eigenvalue weighted by molar-refractivity contribution is 5.79. The van der Waals surface area contributed by atoms with Crippen molar-refractivity contribution >= 4 is 5.96 Å². The molecule has 1 aliphatic rings. The van der Waals surface area contributed by atoms with Gasteiger partial charge >= 0.3 is 0 Å². The predicted octanol–water partition coefficient (Wildman–Crippen LogP) is 2.30. The van der Waals surface area contributed by atoms with Crippen molar-refractivity contribution in [3.8, 4) is 5.88 Å². The van der Waals surface area contributed by atoms with Crippen molar-refractivity contribution in [2.45, 2.75) is 32.7 Å². The molecule has 0 aliphatic heterocycles. The van der Waals surface area contributed by atoms with Gasteiger partial charge in [-0.3, -0.25) is 4.99 Å². The first-order chi connectivity index (χ1) is 11.7. The van der Waals surface area contributed by atoms with Crippen molar-refractivity contribution in [3.05, 3.63) is 23.9 Å². The maximum atomic E-state index is 5.68. The number of nitrogens with zero attached hydrogens (tertiary/aromatic N) is 3. The molecule has 6 heteroatoms. The van der Waals surface area contributed by atoms with Crippen LogP contribution < -0.4 is 10.1 Å². The summed E-state index contributed by atoms with van der Waals surface area (Å²) in [4.78, 5) is 10.7. The molecule has 1 aromatic heterocycles. The molecule has 0 radical (unpaired) electrons. The molecule has 1 heterocycles. The zero-order valence-corrected chi connectivity index (χ0v) is 15.1. The molecule has 0 amide bonds. The second-order valence-electron chi connectivity index (χ2n) is 6.19. The van der Waals surface area contributed by atoms with E-state index in [2.05, 4.69) is 27.1 Å². The number of hydrogen-bond acceptors (Lipinski definition) is 4. The molecule has 1 aliphatic carbocycles. The van der Waals surface area contributed by atoms with Gasteiger partial charge in [-0.05, 0) is 30.7 Å². The van der Waals surface area contributed by atoms with Crippen LogP contribution in [-0.4, -0.2) is 56.3 Å². The average Bonchev–Trinajstić information content (AvgIpc) is 3.43. The summed E-state index contributed by atoms with van der Waals surface area (Å²) in [6.07, 6.45) is 5.48. The van der Waals surface area contributed by atoms with Gasteiger partial charge in [0.1, 0.15) is 0 Å². The van der Waals surface area contributed by atoms with Crippen LogP contribution in [0.1, 0.15) is 31.7 Å². The van der Waals surface area contributed by atoms with Crippen molar-refractivity contribution in [2.75, 3.05) is 40.5 Å². The van der Waals surface area contributed by atoms with Gasteiger partial charge < -0.3 is 19.7 Å². The smallest absolute Gasteiger partial charge is 0.213 e. The van der Waals surface area contributed by atoms with E-state index in [4.69, 9.17) is 9.47 Å². The molecule has 1 saturated carbocycles. The number of aliphatic imine (C=N–C) groups is 1. The maximum Gasteiger partial charge on any atom is 0.213 e. The number of ether oxygens (including phenoxy) is 2. The molecule has 0 unspecified atom stereocenters. The first-order valence-electron chi connectivity index (χ1n) is 8.80. The molecule has 0 aromatic carbocycles. The third-order valence-electron chi connectivity index (χ3n) is 3.90. The molecule has 1 fully saturated rings. The number of pyridine rings is 1. The molecule has 0 saturated heterocycles. The summed E-state index contributed by atoms with van der Waals surface area (Å²) in [5.74, 6) is 2.34. The predicted molar refractivity (Wildman–Crippen MR) is 96.4 cm³/mol. The van der Waals surface area contributed by atoms with E-state index < -0.39 is 0 Å². The van der Waals surface area contributed by atoms with Gasteiger partial charge in [-0.15, -0.1) is 0 Å². The van der Waals surface area contributed by atoms with E-state index in [0.29, 0.717) is 19.0 Å². The van der Waals surface area contributed by atoms with Gasteiger partial charge in [0, 0.05) is 46.1 Å². The molecule has 0 bridgehead atoms. The lowest BCUT2D eigenvalue weighted by Gasteiger charge is -2.22. The van der Waals surface area contributed by atoms with Crippen molar-refractivity contribution in [1.29, 1.82) is 0 Å². The van der Waals surface area contributed by atoms with Crippen LogP contribution in [-0.2, 0) is 11.3 Å². The van der Waals surface area contributed by atoms with E-state index in [-0.39, 0.29) is 0 Å². The minimum absolute atomic E-state index is 0.676. The number of rotatable bonds is 10. The number of aromatic nitrogens is 1. The van der Waals surface area contributed by atoms with Crippen molar-refractivity contribution in [1.82, 2.24) is 15.2 Å². The fourth-order valence-corrected chi connectivity index (χ4v) is 2.22. The van der Waals surface area contributed by atoms with E-state index in [1.54, 1.807) is 7.05 Å². The standard InChI is InChI=1S/C18H30N4O2/c1-4-10-24-17-8-7-16(12-20-17)13-21-18(19-2)22(3)9-11-23-14-15-5-6-15/h7-8,12,15H,4-6,9-11,13-14H2,1-3H3,(H,19,21). The lowest BCUT2D eigenvalue weighted by molar-refractivity contribution is 0.115. The van der Waals surface area contributed by atoms with Gasteiger partial charge in [-0.1, -0.05) is 13.0 Å². The van der Waals surface area contributed by atoms with Gasteiger partial charge in [0.15, 0.2) is 5.96 Å². The molecule has 134 valence electrons. The Bertz CT molecular complexity index is 500. The second-order valence-corrected chi connectivity index (χ2v) is 6.19.